The van der Waals surface area contributed by atoms with Crippen molar-refractivity contribution in [1.82, 2.24) is 4.90 Å². The Labute approximate surface area is 97.8 Å². The third kappa shape index (κ3) is 2.94. The lowest BCUT2D eigenvalue weighted by Gasteiger charge is -2.30. The summed E-state index contributed by atoms with van der Waals surface area (Å²) in [7, 11) is 0. The van der Waals surface area contributed by atoms with Crippen LogP contribution in [-0.4, -0.2) is 24.0 Å². The Hall–Kier alpha value is -1.12. The zero-order chi connectivity index (χ0) is 11.4. The van der Waals surface area contributed by atoms with Gasteiger partial charge in [-0.15, -0.1) is 0 Å². The molecule has 1 aromatic carbocycles. The summed E-state index contributed by atoms with van der Waals surface area (Å²) in [4.78, 5) is 2.44. The smallest absolute Gasteiger partial charge is 0.0234 e. The maximum Gasteiger partial charge on any atom is 0.0234 e. The molecule has 0 bridgehead atoms. The van der Waals surface area contributed by atoms with E-state index in [9.17, 15) is 0 Å². The van der Waals surface area contributed by atoms with E-state index in [0.29, 0.717) is 6.04 Å². The predicted octanol–water partition coefficient (Wildman–Crippen LogP) is 2.25. The zero-order valence-corrected chi connectivity index (χ0v) is 9.73. The Bertz CT molecular complexity index is 342. The van der Waals surface area contributed by atoms with Crippen LogP contribution in [0.4, 0.5) is 0 Å². The maximum atomic E-state index is 5.97. The summed E-state index contributed by atoms with van der Waals surface area (Å²) in [6.07, 6.45) is 4.28. The van der Waals surface area contributed by atoms with E-state index >= 15 is 0 Å². The van der Waals surface area contributed by atoms with Crippen molar-refractivity contribution in [3.8, 4) is 0 Å². The number of hydrogen-bond acceptors (Lipinski definition) is 2. The minimum absolute atomic E-state index is 0.362. The molecule has 1 saturated heterocycles. The normalized spacial score (nSPS) is 21.9. The van der Waals surface area contributed by atoms with Gasteiger partial charge in [-0.05, 0) is 30.5 Å². The second kappa shape index (κ2) is 5.28. The van der Waals surface area contributed by atoms with E-state index in [1.807, 2.05) is 6.08 Å². The first-order chi connectivity index (χ1) is 7.78. The molecule has 2 heteroatoms. The van der Waals surface area contributed by atoms with Crippen molar-refractivity contribution in [2.24, 2.45) is 5.73 Å². The predicted molar refractivity (Wildman–Crippen MR) is 69.0 cm³/mol. The number of nitrogens with two attached hydrogens (primary N) is 1. The van der Waals surface area contributed by atoms with Gasteiger partial charge >= 0.3 is 0 Å². The maximum absolute atomic E-state index is 5.97. The quantitative estimate of drug-likeness (QED) is 0.839. The van der Waals surface area contributed by atoms with E-state index in [2.05, 4.69) is 35.7 Å². The van der Waals surface area contributed by atoms with E-state index in [1.165, 1.54) is 30.5 Å². The largest absolute Gasteiger partial charge is 0.327 e. The number of hydrogen-bond donors (Lipinski definition) is 1. The first-order valence-electron chi connectivity index (χ1n) is 5.97. The molecule has 1 unspecified atom stereocenters. The van der Waals surface area contributed by atoms with Crippen molar-refractivity contribution in [3.05, 3.63) is 42.0 Å². The first kappa shape index (κ1) is 11.4. The van der Waals surface area contributed by atoms with Gasteiger partial charge in [0.05, 0.1) is 0 Å². The van der Waals surface area contributed by atoms with Crippen LogP contribution in [-0.2, 0) is 6.54 Å². The van der Waals surface area contributed by atoms with Gasteiger partial charge in [-0.3, -0.25) is 4.90 Å². The molecule has 0 aliphatic carbocycles. The fraction of sp³-hybridized carbons (Fsp3) is 0.429. The molecule has 2 N–H and O–H groups in total. The summed E-state index contributed by atoms with van der Waals surface area (Å²) in [5.74, 6) is 0. The van der Waals surface area contributed by atoms with Gasteiger partial charge in [-0.2, -0.15) is 0 Å². The molecule has 1 aliphatic heterocycles. The lowest BCUT2D eigenvalue weighted by atomic mass is 10.1. The minimum Gasteiger partial charge on any atom is -0.327 e. The molecule has 2 nitrogen and oxygen atoms in total. The highest BCUT2D eigenvalue weighted by atomic mass is 15.1. The molecule has 2 rings (SSSR count). The van der Waals surface area contributed by atoms with Crippen molar-refractivity contribution < 1.29 is 0 Å². The second-order valence-electron chi connectivity index (χ2n) is 4.58. The molecule has 0 radical (unpaired) electrons. The SMILES string of the molecule is C=Cc1ccc(CN2CCCC(N)C2)cc1. The van der Waals surface area contributed by atoms with Crippen molar-refractivity contribution in [2.75, 3.05) is 13.1 Å². The van der Waals surface area contributed by atoms with Crippen LogP contribution in [0.15, 0.2) is 30.8 Å². The Balaban J connectivity index is 1.94. The number of rotatable bonds is 3. The van der Waals surface area contributed by atoms with E-state index in [1.54, 1.807) is 0 Å². The van der Waals surface area contributed by atoms with Crippen LogP contribution in [0.25, 0.3) is 6.08 Å². The molecule has 0 amide bonds. The lowest BCUT2D eigenvalue weighted by Crippen LogP contribution is -2.42. The lowest BCUT2D eigenvalue weighted by molar-refractivity contribution is 0.201. The van der Waals surface area contributed by atoms with Crippen LogP contribution in [0.5, 0.6) is 0 Å². The molecule has 0 saturated carbocycles. The molecule has 1 heterocycles. The summed E-state index contributed by atoms with van der Waals surface area (Å²) < 4.78 is 0. The molecular formula is C14H20N2. The van der Waals surface area contributed by atoms with Gasteiger partial charge in [0.15, 0.2) is 0 Å². The van der Waals surface area contributed by atoms with Gasteiger partial charge < -0.3 is 5.73 Å². The zero-order valence-electron chi connectivity index (χ0n) is 9.73. The van der Waals surface area contributed by atoms with Gasteiger partial charge in [-0.25, -0.2) is 0 Å². The highest BCUT2D eigenvalue weighted by Gasteiger charge is 2.16. The summed E-state index contributed by atoms with van der Waals surface area (Å²) in [6.45, 7) is 6.99. The molecule has 1 aromatic rings. The van der Waals surface area contributed by atoms with Gasteiger partial charge in [0, 0.05) is 19.1 Å². The Morgan fingerprint density at radius 3 is 2.75 bits per heavy atom. The van der Waals surface area contributed by atoms with Crippen LogP contribution in [0.2, 0.25) is 0 Å². The summed E-state index contributed by atoms with van der Waals surface area (Å²) in [5, 5.41) is 0. The van der Waals surface area contributed by atoms with Crippen LogP contribution < -0.4 is 5.73 Å². The number of benzene rings is 1. The standard InChI is InChI=1S/C14H20N2/c1-2-12-5-7-13(8-6-12)10-16-9-3-4-14(15)11-16/h2,5-8,14H,1,3-4,9-11,15H2. The van der Waals surface area contributed by atoms with Gasteiger partial charge in [0.1, 0.15) is 0 Å². The Kier molecular flexibility index (Phi) is 3.75. The average Bonchev–Trinajstić information content (AvgIpc) is 2.30. The second-order valence-corrected chi connectivity index (χ2v) is 4.58. The topological polar surface area (TPSA) is 29.3 Å². The van der Waals surface area contributed by atoms with Gasteiger partial charge in [-0.1, -0.05) is 36.9 Å². The number of likely N-dealkylation sites (tertiary alicyclic amines) is 1. The molecule has 16 heavy (non-hydrogen) atoms. The van der Waals surface area contributed by atoms with E-state index < -0.39 is 0 Å². The monoisotopic (exact) mass is 216 g/mol. The third-order valence-corrected chi connectivity index (χ3v) is 3.16. The van der Waals surface area contributed by atoms with E-state index in [0.717, 1.165) is 13.1 Å². The molecule has 1 fully saturated rings. The Morgan fingerprint density at radius 2 is 2.12 bits per heavy atom. The first-order valence-corrected chi connectivity index (χ1v) is 5.97. The van der Waals surface area contributed by atoms with Crippen LogP contribution in [0.1, 0.15) is 24.0 Å². The molecule has 86 valence electrons. The number of piperidine rings is 1. The summed E-state index contributed by atoms with van der Waals surface area (Å²) in [6, 6.07) is 8.95. The van der Waals surface area contributed by atoms with Crippen molar-refractivity contribution in [1.29, 1.82) is 0 Å². The van der Waals surface area contributed by atoms with Gasteiger partial charge in [0.2, 0.25) is 0 Å². The van der Waals surface area contributed by atoms with E-state index in [4.69, 9.17) is 5.73 Å². The summed E-state index contributed by atoms with van der Waals surface area (Å²) in [5.41, 5.74) is 8.51. The van der Waals surface area contributed by atoms with Crippen LogP contribution in [0.3, 0.4) is 0 Å². The van der Waals surface area contributed by atoms with Gasteiger partial charge in [0.25, 0.3) is 0 Å². The fourth-order valence-electron chi connectivity index (χ4n) is 2.25. The third-order valence-electron chi connectivity index (χ3n) is 3.16. The average molecular weight is 216 g/mol. The number of nitrogens with zero attached hydrogens (tertiary/aromatic N) is 1. The molecule has 0 spiro atoms. The van der Waals surface area contributed by atoms with Crippen molar-refractivity contribution in [3.63, 3.8) is 0 Å². The van der Waals surface area contributed by atoms with Crippen LogP contribution >= 0.6 is 0 Å². The molecule has 1 aliphatic rings. The highest BCUT2D eigenvalue weighted by Crippen LogP contribution is 2.13. The van der Waals surface area contributed by atoms with E-state index in [-0.39, 0.29) is 0 Å². The molecule has 1 atom stereocenters. The Morgan fingerprint density at radius 1 is 1.38 bits per heavy atom. The highest BCUT2D eigenvalue weighted by molar-refractivity contribution is 5.47. The van der Waals surface area contributed by atoms with Crippen molar-refractivity contribution in [2.45, 2.75) is 25.4 Å². The minimum atomic E-state index is 0.362. The van der Waals surface area contributed by atoms with Crippen molar-refractivity contribution >= 4 is 6.08 Å². The summed E-state index contributed by atoms with van der Waals surface area (Å²) >= 11 is 0. The van der Waals surface area contributed by atoms with Crippen LogP contribution in [0, 0.1) is 0 Å². The fourth-order valence-corrected chi connectivity index (χ4v) is 2.25. The molecule has 0 aromatic heterocycles. The molecular weight excluding hydrogens is 196 g/mol.